The van der Waals surface area contributed by atoms with E-state index in [0.29, 0.717) is 5.56 Å². The molecule has 0 unspecified atom stereocenters. The summed E-state index contributed by atoms with van der Waals surface area (Å²) in [7, 11) is 0. The number of rotatable bonds is 2. The Morgan fingerprint density at radius 3 is 2.62 bits per heavy atom. The van der Waals surface area contributed by atoms with Gasteiger partial charge in [0.15, 0.2) is 0 Å². The average molecular weight is 218 g/mol. The highest BCUT2D eigenvalue weighted by atomic mass is 19.1. The molecule has 2 aromatic rings. The standard InChI is InChI=1S/C12H11FN2O/c1-9-5-4-6-10(11(9)13)12(16)14-15-7-2-3-8-15/h2-8H,1H3,(H,14,16). The third-order valence-corrected chi connectivity index (χ3v) is 2.27. The third-order valence-electron chi connectivity index (χ3n) is 2.27. The molecule has 2 rings (SSSR count). The number of benzene rings is 1. The Morgan fingerprint density at radius 2 is 1.94 bits per heavy atom. The molecule has 4 heteroatoms. The van der Waals surface area contributed by atoms with Crippen molar-refractivity contribution in [2.45, 2.75) is 6.92 Å². The van der Waals surface area contributed by atoms with E-state index in [-0.39, 0.29) is 5.56 Å². The molecule has 0 saturated heterocycles. The molecule has 0 atom stereocenters. The van der Waals surface area contributed by atoms with Crippen LogP contribution in [0.25, 0.3) is 0 Å². The molecule has 0 aliphatic rings. The number of nitrogens with one attached hydrogen (secondary N) is 1. The maximum absolute atomic E-state index is 13.6. The van der Waals surface area contributed by atoms with E-state index in [1.807, 2.05) is 0 Å². The van der Waals surface area contributed by atoms with E-state index < -0.39 is 11.7 Å². The molecule has 1 aromatic carbocycles. The number of halogens is 1. The Bertz CT molecular complexity index is 506. The number of amides is 1. The number of carbonyl (C=O) groups excluding carboxylic acids is 1. The molecule has 0 saturated carbocycles. The normalized spacial score (nSPS) is 10.1. The molecule has 0 radical (unpaired) electrons. The van der Waals surface area contributed by atoms with Crippen molar-refractivity contribution in [2.24, 2.45) is 0 Å². The van der Waals surface area contributed by atoms with Gasteiger partial charge in [-0.3, -0.25) is 14.9 Å². The SMILES string of the molecule is Cc1cccc(C(=O)Nn2cccc2)c1F. The first-order valence-corrected chi connectivity index (χ1v) is 4.88. The van der Waals surface area contributed by atoms with E-state index >= 15 is 0 Å². The van der Waals surface area contributed by atoms with Crippen molar-refractivity contribution in [1.29, 1.82) is 0 Å². The van der Waals surface area contributed by atoms with Gasteiger partial charge in [-0.05, 0) is 30.7 Å². The molecule has 16 heavy (non-hydrogen) atoms. The molecule has 0 spiro atoms. The first-order valence-electron chi connectivity index (χ1n) is 4.88. The second-order valence-electron chi connectivity index (χ2n) is 3.47. The molecule has 1 aromatic heterocycles. The van der Waals surface area contributed by atoms with E-state index in [9.17, 15) is 9.18 Å². The minimum Gasteiger partial charge on any atom is -0.268 e. The molecule has 0 fully saturated rings. The van der Waals surface area contributed by atoms with Crippen molar-refractivity contribution in [2.75, 3.05) is 5.43 Å². The zero-order chi connectivity index (χ0) is 11.5. The zero-order valence-electron chi connectivity index (χ0n) is 8.77. The van der Waals surface area contributed by atoms with Gasteiger partial charge in [0.05, 0.1) is 5.56 Å². The summed E-state index contributed by atoms with van der Waals surface area (Å²) in [5, 5.41) is 0. The molecule has 1 heterocycles. The van der Waals surface area contributed by atoms with E-state index in [1.165, 1.54) is 10.7 Å². The van der Waals surface area contributed by atoms with Crippen molar-refractivity contribution in [3.8, 4) is 0 Å². The van der Waals surface area contributed by atoms with E-state index in [2.05, 4.69) is 5.43 Å². The number of hydrogen-bond donors (Lipinski definition) is 1. The summed E-state index contributed by atoms with van der Waals surface area (Å²) in [4.78, 5) is 11.7. The van der Waals surface area contributed by atoms with Gasteiger partial charge in [0.25, 0.3) is 5.91 Å². The van der Waals surface area contributed by atoms with Crippen LogP contribution in [0.2, 0.25) is 0 Å². The Balaban J connectivity index is 2.24. The lowest BCUT2D eigenvalue weighted by molar-refractivity contribution is 0.100. The molecule has 1 amide bonds. The minimum absolute atomic E-state index is 0.0497. The lowest BCUT2D eigenvalue weighted by atomic mass is 10.1. The highest BCUT2D eigenvalue weighted by Crippen LogP contribution is 2.11. The summed E-state index contributed by atoms with van der Waals surface area (Å²) in [6, 6.07) is 8.28. The fourth-order valence-corrected chi connectivity index (χ4v) is 1.41. The number of carbonyl (C=O) groups is 1. The summed E-state index contributed by atoms with van der Waals surface area (Å²) in [6.07, 6.45) is 3.34. The fraction of sp³-hybridized carbons (Fsp3) is 0.0833. The minimum atomic E-state index is -0.479. The van der Waals surface area contributed by atoms with Crippen LogP contribution in [-0.4, -0.2) is 10.6 Å². The molecule has 0 bridgehead atoms. The van der Waals surface area contributed by atoms with E-state index in [1.54, 1.807) is 43.6 Å². The van der Waals surface area contributed by atoms with Crippen LogP contribution in [0.5, 0.6) is 0 Å². The average Bonchev–Trinajstić information content (AvgIpc) is 2.74. The van der Waals surface area contributed by atoms with Gasteiger partial charge >= 0.3 is 0 Å². The number of nitrogens with zero attached hydrogens (tertiary/aromatic N) is 1. The highest BCUT2D eigenvalue weighted by molar-refractivity contribution is 6.00. The fourth-order valence-electron chi connectivity index (χ4n) is 1.41. The van der Waals surface area contributed by atoms with Gasteiger partial charge in [0, 0.05) is 12.4 Å². The van der Waals surface area contributed by atoms with E-state index in [4.69, 9.17) is 0 Å². The predicted octanol–water partition coefficient (Wildman–Crippen LogP) is 2.32. The van der Waals surface area contributed by atoms with Gasteiger partial charge in [0.1, 0.15) is 5.82 Å². The van der Waals surface area contributed by atoms with Crippen LogP contribution in [0.1, 0.15) is 15.9 Å². The van der Waals surface area contributed by atoms with Gasteiger partial charge in [-0.2, -0.15) is 0 Å². The maximum atomic E-state index is 13.6. The monoisotopic (exact) mass is 218 g/mol. The lowest BCUT2D eigenvalue weighted by Gasteiger charge is -2.07. The van der Waals surface area contributed by atoms with Crippen molar-refractivity contribution >= 4 is 5.91 Å². The van der Waals surface area contributed by atoms with Crippen molar-refractivity contribution in [3.63, 3.8) is 0 Å². The molecular formula is C12H11FN2O. The second kappa shape index (κ2) is 4.18. The molecule has 1 N–H and O–H groups in total. The molecular weight excluding hydrogens is 207 g/mol. The molecule has 0 aliphatic heterocycles. The van der Waals surface area contributed by atoms with Crippen LogP contribution in [0.15, 0.2) is 42.7 Å². The summed E-state index contributed by atoms with van der Waals surface area (Å²) in [5.74, 6) is -0.940. The quantitative estimate of drug-likeness (QED) is 0.824. The highest BCUT2D eigenvalue weighted by Gasteiger charge is 2.12. The smallest absolute Gasteiger partial charge is 0.268 e. The van der Waals surface area contributed by atoms with Gasteiger partial charge in [-0.15, -0.1) is 0 Å². The van der Waals surface area contributed by atoms with E-state index in [0.717, 1.165) is 0 Å². The molecule has 3 nitrogen and oxygen atoms in total. The van der Waals surface area contributed by atoms with Gasteiger partial charge in [-0.25, -0.2) is 4.39 Å². The third kappa shape index (κ3) is 1.95. The van der Waals surface area contributed by atoms with Gasteiger partial charge in [0.2, 0.25) is 0 Å². The Labute approximate surface area is 92.5 Å². The van der Waals surface area contributed by atoms with Crippen LogP contribution in [0.3, 0.4) is 0 Å². The summed E-state index contributed by atoms with van der Waals surface area (Å²) in [5.41, 5.74) is 3.05. The lowest BCUT2D eigenvalue weighted by Crippen LogP contribution is -2.22. The van der Waals surface area contributed by atoms with Crippen molar-refractivity contribution in [1.82, 2.24) is 4.68 Å². The number of aromatic nitrogens is 1. The molecule has 0 aliphatic carbocycles. The summed E-state index contributed by atoms with van der Waals surface area (Å²) < 4.78 is 15.1. The Kier molecular flexibility index (Phi) is 2.72. The summed E-state index contributed by atoms with van der Waals surface area (Å²) >= 11 is 0. The predicted molar refractivity (Wildman–Crippen MR) is 59.3 cm³/mol. The number of aryl methyl sites for hydroxylation is 1. The van der Waals surface area contributed by atoms with Crippen LogP contribution in [-0.2, 0) is 0 Å². The largest absolute Gasteiger partial charge is 0.273 e. The Morgan fingerprint density at radius 1 is 1.25 bits per heavy atom. The maximum Gasteiger partial charge on any atom is 0.273 e. The second-order valence-corrected chi connectivity index (χ2v) is 3.47. The first-order chi connectivity index (χ1) is 7.68. The topological polar surface area (TPSA) is 34.0 Å². The van der Waals surface area contributed by atoms with Gasteiger partial charge in [-0.1, -0.05) is 12.1 Å². The zero-order valence-corrected chi connectivity index (χ0v) is 8.77. The Hall–Kier alpha value is -2.10. The van der Waals surface area contributed by atoms with Crippen molar-refractivity contribution < 1.29 is 9.18 Å². The van der Waals surface area contributed by atoms with Crippen LogP contribution >= 0.6 is 0 Å². The van der Waals surface area contributed by atoms with Crippen molar-refractivity contribution in [3.05, 3.63) is 59.7 Å². The first kappa shape index (κ1) is 10.4. The van der Waals surface area contributed by atoms with Gasteiger partial charge < -0.3 is 0 Å². The summed E-state index contributed by atoms with van der Waals surface area (Å²) in [6.45, 7) is 1.63. The van der Waals surface area contributed by atoms with Crippen LogP contribution < -0.4 is 5.43 Å². The van der Waals surface area contributed by atoms with Crippen LogP contribution in [0.4, 0.5) is 4.39 Å². The molecule has 82 valence electrons. The number of hydrogen-bond acceptors (Lipinski definition) is 1. The van der Waals surface area contributed by atoms with Crippen LogP contribution in [0, 0.1) is 12.7 Å².